The number of carboxylic acids is 1. The molecule has 0 fully saturated rings. The van der Waals surface area contributed by atoms with E-state index in [2.05, 4.69) is 18.8 Å². The van der Waals surface area contributed by atoms with E-state index in [1.165, 1.54) is 0 Å². The number of benzene rings is 1. The summed E-state index contributed by atoms with van der Waals surface area (Å²) < 4.78 is 2.04. The molecule has 1 N–H and O–H groups in total. The van der Waals surface area contributed by atoms with Gasteiger partial charge in [0.15, 0.2) is 0 Å². The number of nitrogens with zero attached hydrogens (tertiary/aromatic N) is 2. The number of hydrogen-bond donors (Lipinski definition) is 1. The Kier molecular flexibility index (Phi) is 2.88. The molecule has 1 atom stereocenters. The second-order valence-corrected chi connectivity index (χ2v) is 4.35. The second kappa shape index (κ2) is 4.20. The van der Waals surface area contributed by atoms with Crippen molar-refractivity contribution in [3.8, 4) is 0 Å². The van der Waals surface area contributed by atoms with Gasteiger partial charge in [-0.25, -0.2) is 9.78 Å². The minimum Gasteiger partial charge on any atom is -0.478 e. The Labute approximate surface area is 99.9 Å². The maximum atomic E-state index is 10.9. The van der Waals surface area contributed by atoms with Gasteiger partial charge in [0, 0.05) is 13.0 Å². The largest absolute Gasteiger partial charge is 0.478 e. The molecule has 0 aliphatic heterocycles. The van der Waals surface area contributed by atoms with Crippen LogP contribution in [-0.2, 0) is 7.05 Å². The highest BCUT2D eigenvalue weighted by molar-refractivity contribution is 5.92. The number of carbonyl (C=O) groups is 1. The monoisotopic (exact) mass is 232 g/mol. The van der Waals surface area contributed by atoms with Gasteiger partial charge in [0.2, 0.25) is 0 Å². The number of rotatable bonds is 3. The van der Waals surface area contributed by atoms with Crippen LogP contribution in [0, 0.1) is 0 Å². The maximum Gasteiger partial charge on any atom is 0.335 e. The number of aromatic nitrogens is 2. The van der Waals surface area contributed by atoms with Gasteiger partial charge in [0.25, 0.3) is 0 Å². The maximum absolute atomic E-state index is 10.9. The Hall–Kier alpha value is -1.84. The van der Waals surface area contributed by atoms with Gasteiger partial charge in [0.1, 0.15) is 5.82 Å². The highest BCUT2D eigenvalue weighted by atomic mass is 16.4. The zero-order chi connectivity index (χ0) is 12.6. The Morgan fingerprint density at radius 1 is 1.53 bits per heavy atom. The van der Waals surface area contributed by atoms with Crippen LogP contribution in [0.15, 0.2) is 18.2 Å². The molecule has 0 saturated carbocycles. The molecular formula is C13H16N2O2. The first kappa shape index (κ1) is 11.6. The molecule has 1 aromatic carbocycles. The van der Waals surface area contributed by atoms with Crippen LogP contribution in [-0.4, -0.2) is 20.6 Å². The fourth-order valence-corrected chi connectivity index (χ4v) is 1.97. The summed E-state index contributed by atoms with van der Waals surface area (Å²) in [6.45, 7) is 4.24. The summed E-state index contributed by atoms with van der Waals surface area (Å²) in [7, 11) is 1.97. The third-order valence-electron chi connectivity index (χ3n) is 3.22. The molecule has 0 bridgehead atoms. The van der Waals surface area contributed by atoms with Crippen molar-refractivity contribution in [2.24, 2.45) is 7.05 Å². The third-order valence-corrected chi connectivity index (χ3v) is 3.22. The van der Waals surface area contributed by atoms with E-state index in [1.807, 2.05) is 17.7 Å². The molecule has 4 nitrogen and oxygen atoms in total. The van der Waals surface area contributed by atoms with E-state index >= 15 is 0 Å². The molecule has 0 spiro atoms. The lowest BCUT2D eigenvalue weighted by molar-refractivity contribution is 0.0697. The van der Waals surface area contributed by atoms with Crippen LogP contribution >= 0.6 is 0 Å². The third kappa shape index (κ3) is 1.90. The highest BCUT2D eigenvalue weighted by Crippen LogP contribution is 2.23. The summed E-state index contributed by atoms with van der Waals surface area (Å²) in [6.07, 6.45) is 1.02. The van der Waals surface area contributed by atoms with Crippen LogP contribution in [0.3, 0.4) is 0 Å². The minimum atomic E-state index is -0.914. The molecule has 0 amide bonds. The van der Waals surface area contributed by atoms with Gasteiger partial charge < -0.3 is 9.67 Å². The summed E-state index contributed by atoms with van der Waals surface area (Å²) >= 11 is 0. The molecule has 0 aliphatic carbocycles. The first-order valence-corrected chi connectivity index (χ1v) is 5.74. The van der Waals surface area contributed by atoms with E-state index < -0.39 is 5.97 Å². The number of hydrogen-bond acceptors (Lipinski definition) is 2. The van der Waals surface area contributed by atoms with Crippen molar-refractivity contribution in [1.82, 2.24) is 9.55 Å². The Balaban J connectivity index is 2.61. The number of aryl methyl sites for hydroxylation is 1. The van der Waals surface area contributed by atoms with E-state index in [-0.39, 0.29) is 5.56 Å². The normalized spacial score (nSPS) is 12.9. The average Bonchev–Trinajstić information content (AvgIpc) is 2.65. The summed E-state index contributed by atoms with van der Waals surface area (Å²) in [4.78, 5) is 15.4. The van der Waals surface area contributed by atoms with Gasteiger partial charge in [-0.1, -0.05) is 13.8 Å². The molecule has 2 rings (SSSR count). The SMILES string of the molecule is CCC(C)c1nc2cc(C(=O)O)ccc2n1C. The van der Waals surface area contributed by atoms with E-state index in [0.29, 0.717) is 5.92 Å². The minimum absolute atomic E-state index is 0.284. The van der Waals surface area contributed by atoms with Gasteiger partial charge in [-0.3, -0.25) is 0 Å². The van der Waals surface area contributed by atoms with Gasteiger partial charge in [-0.05, 0) is 24.6 Å². The Bertz CT molecular complexity index is 572. The molecule has 1 aromatic heterocycles. The molecule has 0 radical (unpaired) electrons. The van der Waals surface area contributed by atoms with Gasteiger partial charge in [0.05, 0.1) is 16.6 Å². The van der Waals surface area contributed by atoms with Crippen LogP contribution in [0.25, 0.3) is 11.0 Å². The summed E-state index contributed by atoms with van der Waals surface area (Å²) in [5, 5.41) is 8.94. The Morgan fingerprint density at radius 3 is 2.82 bits per heavy atom. The molecule has 1 heterocycles. The predicted octanol–water partition coefficient (Wildman–Crippen LogP) is 2.79. The number of aromatic carboxylic acids is 1. The van der Waals surface area contributed by atoms with Crippen molar-refractivity contribution in [3.05, 3.63) is 29.6 Å². The fourth-order valence-electron chi connectivity index (χ4n) is 1.97. The smallest absolute Gasteiger partial charge is 0.335 e. The zero-order valence-electron chi connectivity index (χ0n) is 10.3. The van der Waals surface area contributed by atoms with Crippen LogP contribution in [0.5, 0.6) is 0 Å². The lowest BCUT2D eigenvalue weighted by Gasteiger charge is -2.07. The molecule has 1 unspecified atom stereocenters. The van der Waals surface area contributed by atoms with Crippen molar-refractivity contribution < 1.29 is 9.90 Å². The average molecular weight is 232 g/mol. The lowest BCUT2D eigenvalue weighted by atomic mass is 10.1. The standard InChI is InChI=1S/C13H16N2O2/c1-4-8(2)12-14-10-7-9(13(16)17)5-6-11(10)15(12)3/h5-8H,4H2,1-3H3,(H,16,17). The van der Waals surface area contributed by atoms with Crippen LogP contribution in [0.1, 0.15) is 42.4 Å². The summed E-state index contributed by atoms with van der Waals surface area (Å²) in [6, 6.07) is 5.06. The quantitative estimate of drug-likeness (QED) is 0.885. The van der Waals surface area contributed by atoms with Crippen molar-refractivity contribution in [2.45, 2.75) is 26.2 Å². The van der Waals surface area contributed by atoms with E-state index in [9.17, 15) is 4.79 Å². The van der Waals surface area contributed by atoms with Gasteiger partial charge in [-0.2, -0.15) is 0 Å². The summed E-state index contributed by atoms with van der Waals surface area (Å²) in [5.41, 5.74) is 2.01. The molecule has 17 heavy (non-hydrogen) atoms. The Morgan fingerprint density at radius 2 is 2.24 bits per heavy atom. The molecule has 90 valence electrons. The van der Waals surface area contributed by atoms with Crippen LogP contribution in [0.2, 0.25) is 0 Å². The predicted molar refractivity (Wildman–Crippen MR) is 66.4 cm³/mol. The van der Waals surface area contributed by atoms with Gasteiger partial charge in [-0.15, -0.1) is 0 Å². The van der Waals surface area contributed by atoms with Crippen molar-refractivity contribution >= 4 is 17.0 Å². The van der Waals surface area contributed by atoms with E-state index in [4.69, 9.17) is 5.11 Å². The van der Waals surface area contributed by atoms with Crippen molar-refractivity contribution in [1.29, 1.82) is 0 Å². The number of imidazole rings is 1. The first-order valence-electron chi connectivity index (χ1n) is 5.74. The topological polar surface area (TPSA) is 55.1 Å². The molecule has 2 aromatic rings. The molecular weight excluding hydrogens is 216 g/mol. The van der Waals surface area contributed by atoms with Crippen LogP contribution < -0.4 is 0 Å². The summed E-state index contributed by atoms with van der Waals surface area (Å²) in [5.74, 6) is 0.466. The van der Waals surface area contributed by atoms with E-state index in [0.717, 1.165) is 23.3 Å². The van der Waals surface area contributed by atoms with Crippen molar-refractivity contribution in [2.75, 3.05) is 0 Å². The zero-order valence-corrected chi connectivity index (χ0v) is 10.3. The first-order chi connectivity index (χ1) is 8.04. The second-order valence-electron chi connectivity index (χ2n) is 4.35. The highest BCUT2D eigenvalue weighted by Gasteiger charge is 2.14. The van der Waals surface area contributed by atoms with Crippen molar-refractivity contribution in [3.63, 3.8) is 0 Å². The lowest BCUT2D eigenvalue weighted by Crippen LogP contribution is -2.01. The fraction of sp³-hybridized carbons (Fsp3) is 0.385. The van der Waals surface area contributed by atoms with Crippen LogP contribution in [0.4, 0.5) is 0 Å². The number of fused-ring (bicyclic) bond motifs is 1. The van der Waals surface area contributed by atoms with E-state index in [1.54, 1.807) is 12.1 Å². The molecule has 4 heteroatoms. The molecule has 0 aliphatic rings. The van der Waals surface area contributed by atoms with Gasteiger partial charge >= 0.3 is 5.97 Å². The molecule has 0 saturated heterocycles. The number of carboxylic acid groups (broad SMARTS) is 1.